The fraction of sp³-hybridized carbons (Fsp3) is 0.133. The third-order valence-electron chi connectivity index (χ3n) is 2.84. The number of benzene rings is 2. The normalized spacial score (nSPS) is 10.3. The Bertz CT molecular complexity index is 674. The van der Waals surface area contributed by atoms with Crippen molar-refractivity contribution in [1.29, 1.82) is 0 Å². The minimum absolute atomic E-state index is 0.0860. The van der Waals surface area contributed by atoms with E-state index in [1.54, 1.807) is 36.4 Å². The zero-order valence-corrected chi connectivity index (χ0v) is 13.4. The van der Waals surface area contributed by atoms with Crippen LogP contribution in [-0.4, -0.2) is 19.4 Å². The van der Waals surface area contributed by atoms with E-state index in [-0.39, 0.29) is 12.3 Å². The number of carbonyl (C=O) groups is 1. The molecule has 0 unspecified atom stereocenters. The molecule has 110 valence electrons. The summed E-state index contributed by atoms with van der Waals surface area (Å²) < 4.78 is 5.05. The first-order chi connectivity index (χ1) is 10.0. The van der Waals surface area contributed by atoms with Crippen LogP contribution in [0, 0.1) is 0 Å². The number of halogens is 3. The lowest BCUT2D eigenvalue weighted by molar-refractivity contribution is 0.101. The maximum Gasteiger partial charge on any atom is 0.181 e. The molecule has 0 radical (unpaired) electrons. The highest BCUT2D eigenvalue weighted by Gasteiger charge is 2.10. The molecule has 0 heterocycles. The summed E-state index contributed by atoms with van der Waals surface area (Å²) in [6, 6.07) is 9.90. The molecule has 3 nitrogen and oxygen atoms in total. The summed E-state index contributed by atoms with van der Waals surface area (Å²) in [6.07, 6.45) is 0. The predicted octanol–water partition coefficient (Wildman–Crippen LogP) is 4.95. The molecule has 0 aliphatic rings. The van der Waals surface area contributed by atoms with Gasteiger partial charge in [-0.25, -0.2) is 0 Å². The van der Waals surface area contributed by atoms with Gasteiger partial charge in [0, 0.05) is 10.6 Å². The van der Waals surface area contributed by atoms with E-state index >= 15 is 0 Å². The van der Waals surface area contributed by atoms with Gasteiger partial charge in [-0.2, -0.15) is 0 Å². The Morgan fingerprint density at radius 2 is 1.86 bits per heavy atom. The monoisotopic (exact) mass is 343 g/mol. The van der Waals surface area contributed by atoms with Gasteiger partial charge < -0.3 is 10.1 Å². The smallest absolute Gasteiger partial charge is 0.181 e. The summed E-state index contributed by atoms with van der Waals surface area (Å²) in [7, 11) is 1.52. The Labute approximate surface area is 137 Å². The standard InChI is InChI=1S/C15H12Cl3NO2/c1-21-15-5-2-9(6-12(15)18)14(20)8-19-13-7-10(16)3-4-11(13)17/h2-7,19H,8H2,1H3. The molecule has 0 atom stereocenters. The minimum Gasteiger partial charge on any atom is -0.495 e. The van der Waals surface area contributed by atoms with Crippen LogP contribution in [0.15, 0.2) is 36.4 Å². The second kappa shape index (κ2) is 7.03. The summed E-state index contributed by atoms with van der Waals surface area (Å²) >= 11 is 17.9. The van der Waals surface area contributed by atoms with E-state index in [9.17, 15) is 4.79 Å². The highest BCUT2D eigenvalue weighted by molar-refractivity contribution is 6.35. The van der Waals surface area contributed by atoms with Crippen molar-refractivity contribution in [3.8, 4) is 5.75 Å². The van der Waals surface area contributed by atoms with Crippen LogP contribution in [0.3, 0.4) is 0 Å². The third-order valence-corrected chi connectivity index (χ3v) is 3.70. The molecule has 2 aromatic rings. The first kappa shape index (κ1) is 16.0. The second-order valence-corrected chi connectivity index (χ2v) is 5.50. The molecule has 2 aromatic carbocycles. The zero-order chi connectivity index (χ0) is 15.4. The average molecular weight is 345 g/mol. The van der Waals surface area contributed by atoms with Gasteiger partial charge in [-0.05, 0) is 36.4 Å². The number of hydrogen-bond acceptors (Lipinski definition) is 3. The van der Waals surface area contributed by atoms with E-state index in [1.807, 2.05) is 0 Å². The van der Waals surface area contributed by atoms with Crippen molar-refractivity contribution in [3.05, 3.63) is 57.0 Å². The molecule has 1 N–H and O–H groups in total. The van der Waals surface area contributed by atoms with Crippen molar-refractivity contribution < 1.29 is 9.53 Å². The molecule has 21 heavy (non-hydrogen) atoms. The summed E-state index contributed by atoms with van der Waals surface area (Å²) in [4.78, 5) is 12.1. The Kier molecular flexibility index (Phi) is 5.34. The van der Waals surface area contributed by atoms with Crippen LogP contribution < -0.4 is 10.1 Å². The predicted molar refractivity (Wildman–Crippen MR) is 87.3 cm³/mol. The largest absolute Gasteiger partial charge is 0.495 e. The van der Waals surface area contributed by atoms with Gasteiger partial charge in [0.2, 0.25) is 0 Å². The number of methoxy groups -OCH3 is 1. The molecule has 0 aliphatic carbocycles. The summed E-state index contributed by atoms with van der Waals surface area (Å²) in [5.74, 6) is 0.412. The fourth-order valence-electron chi connectivity index (χ4n) is 1.75. The third kappa shape index (κ3) is 4.03. The van der Waals surface area contributed by atoms with E-state index in [0.29, 0.717) is 32.1 Å². The van der Waals surface area contributed by atoms with Crippen LogP contribution in [0.2, 0.25) is 15.1 Å². The number of ketones is 1. The minimum atomic E-state index is -0.115. The summed E-state index contributed by atoms with van der Waals surface area (Å²) in [5, 5.41) is 4.40. The lowest BCUT2D eigenvalue weighted by Gasteiger charge is -2.09. The summed E-state index contributed by atoms with van der Waals surface area (Å²) in [6.45, 7) is 0.0860. The Morgan fingerprint density at radius 3 is 2.52 bits per heavy atom. The number of carbonyl (C=O) groups excluding carboxylic acids is 1. The molecule has 0 saturated carbocycles. The van der Waals surface area contributed by atoms with Crippen molar-refractivity contribution in [2.75, 3.05) is 19.0 Å². The summed E-state index contributed by atoms with van der Waals surface area (Å²) in [5.41, 5.74) is 1.10. The van der Waals surface area contributed by atoms with Crippen molar-refractivity contribution in [3.63, 3.8) is 0 Å². The van der Waals surface area contributed by atoms with Gasteiger partial charge in [0.1, 0.15) is 5.75 Å². The Morgan fingerprint density at radius 1 is 1.10 bits per heavy atom. The van der Waals surface area contributed by atoms with E-state index in [4.69, 9.17) is 39.5 Å². The van der Waals surface area contributed by atoms with Crippen LogP contribution in [-0.2, 0) is 0 Å². The van der Waals surface area contributed by atoms with Crippen LogP contribution in [0.5, 0.6) is 5.75 Å². The van der Waals surface area contributed by atoms with E-state index in [2.05, 4.69) is 5.32 Å². The number of Topliss-reactive ketones (excluding diaryl/α,β-unsaturated/α-hetero) is 1. The molecular formula is C15H12Cl3NO2. The van der Waals surface area contributed by atoms with Gasteiger partial charge >= 0.3 is 0 Å². The van der Waals surface area contributed by atoms with Crippen molar-refractivity contribution >= 4 is 46.3 Å². The SMILES string of the molecule is COc1ccc(C(=O)CNc2cc(Cl)ccc2Cl)cc1Cl. The zero-order valence-electron chi connectivity index (χ0n) is 11.1. The topological polar surface area (TPSA) is 38.3 Å². The molecule has 0 amide bonds. The highest BCUT2D eigenvalue weighted by Crippen LogP contribution is 2.27. The van der Waals surface area contributed by atoms with Crippen LogP contribution >= 0.6 is 34.8 Å². The Hall–Kier alpha value is -1.42. The van der Waals surface area contributed by atoms with E-state index in [0.717, 1.165) is 0 Å². The molecule has 0 aromatic heterocycles. The van der Waals surface area contributed by atoms with Gasteiger partial charge in [0.25, 0.3) is 0 Å². The number of ether oxygens (including phenoxy) is 1. The molecule has 0 aliphatic heterocycles. The van der Waals surface area contributed by atoms with Crippen molar-refractivity contribution in [2.45, 2.75) is 0 Å². The number of anilines is 1. The first-order valence-electron chi connectivity index (χ1n) is 6.07. The molecule has 0 saturated heterocycles. The number of rotatable bonds is 5. The van der Waals surface area contributed by atoms with E-state index in [1.165, 1.54) is 7.11 Å². The van der Waals surface area contributed by atoms with Gasteiger partial charge in [0.05, 0.1) is 29.4 Å². The molecule has 0 bridgehead atoms. The van der Waals surface area contributed by atoms with Gasteiger partial charge in [-0.3, -0.25) is 4.79 Å². The molecule has 2 rings (SSSR count). The van der Waals surface area contributed by atoms with Gasteiger partial charge in [0.15, 0.2) is 5.78 Å². The number of hydrogen-bond donors (Lipinski definition) is 1. The lowest BCUT2D eigenvalue weighted by atomic mass is 10.1. The van der Waals surface area contributed by atoms with Crippen LogP contribution in [0.1, 0.15) is 10.4 Å². The molecule has 6 heteroatoms. The molecule has 0 fully saturated rings. The van der Waals surface area contributed by atoms with Crippen molar-refractivity contribution in [1.82, 2.24) is 0 Å². The van der Waals surface area contributed by atoms with Crippen molar-refractivity contribution in [2.24, 2.45) is 0 Å². The maximum atomic E-state index is 12.1. The maximum absolute atomic E-state index is 12.1. The Balaban J connectivity index is 2.08. The average Bonchev–Trinajstić information content (AvgIpc) is 2.47. The van der Waals surface area contributed by atoms with E-state index < -0.39 is 0 Å². The lowest BCUT2D eigenvalue weighted by Crippen LogP contribution is -2.14. The quantitative estimate of drug-likeness (QED) is 0.780. The first-order valence-corrected chi connectivity index (χ1v) is 7.20. The van der Waals surface area contributed by atoms with Crippen LogP contribution in [0.4, 0.5) is 5.69 Å². The number of nitrogens with one attached hydrogen (secondary N) is 1. The van der Waals surface area contributed by atoms with Gasteiger partial charge in [-0.1, -0.05) is 34.8 Å². The van der Waals surface area contributed by atoms with Gasteiger partial charge in [-0.15, -0.1) is 0 Å². The highest BCUT2D eigenvalue weighted by atomic mass is 35.5. The second-order valence-electron chi connectivity index (χ2n) is 4.25. The molecular weight excluding hydrogens is 333 g/mol. The molecule has 0 spiro atoms. The van der Waals surface area contributed by atoms with Crippen LogP contribution in [0.25, 0.3) is 0 Å². The fourth-order valence-corrected chi connectivity index (χ4v) is 2.36.